The lowest BCUT2D eigenvalue weighted by Gasteiger charge is -2.13. The van der Waals surface area contributed by atoms with Crippen LogP contribution in [0.15, 0.2) is 34.8 Å². The second-order valence-corrected chi connectivity index (χ2v) is 5.58. The Kier molecular flexibility index (Phi) is 3.61. The third-order valence-corrected chi connectivity index (χ3v) is 4.02. The van der Waals surface area contributed by atoms with Crippen molar-refractivity contribution in [3.8, 4) is 0 Å². The van der Waals surface area contributed by atoms with E-state index in [1.54, 1.807) is 0 Å². The zero-order valence-corrected chi connectivity index (χ0v) is 12.2. The highest BCUT2D eigenvalue weighted by molar-refractivity contribution is 9.10. The molecule has 1 aliphatic rings. The molecule has 5 heteroatoms. The van der Waals surface area contributed by atoms with Gasteiger partial charge < -0.3 is 10.6 Å². The van der Waals surface area contributed by atoms with E-state index in [4.69, 9.17) is 0 Å². The quantitative estimate of drug-likeness (QED) is 0.871. The van der Waals surface area contributed by atoms with Crippen molar-refractivity contribution in [2.24, 2.45) is 0 Å². The number of anilines is 2. The fourth-order valence-electron chi connectivity index (χ4n) is 2.45. The van der Waals surface area contributed by atoms with Gasteiger partial charge in [0.2, 0.25) is 0 Å². The summed E-state index contributed by atoms with van der Waals surface area (Å²) in [5, 5.41) is 6.36. The molecule has 2 aromatic carbocycles. The largest absolute Gasteiger partial charge is 0.384 e. The Bertz CT molecular complexity index is 635. The molecule has 1 heterocycles. The van der Waals surface area contributed by atoms with Gasteiger partial charge in [0.1, 0.15) is 11.6 Å². The van der Waals surface area contributed by atoms with Crippen molar-refractivity contribution >= 4 is 27.3 Å². The molecule has 0 unspecified atom stereocenters. The van der Waals surface area contributed by atoms with E-state index in [0.717, 1.165) is 30.3 Å². The minimum atomic E-state index is -0.600. The second-order valence-electron chi connectivity index (χ2n) is 4.73. The van der Waals surface area contributed by atoms with Gasteiger partial charge in [-0.3, -0.25) is 0 Å². The molecule has 0 amide bonds. The van der Waals surface area contributed by atoms with Gasteiger partial charge in [0.25, 0.3) is 0 Å². The summed E-state index contributed by atoms with van der Waals surface area (Å²) in [7, 11) is 0. The molecule has 104 valence electrons. The van der Waals surface area contributed by atoms with Crippen LogP contribution in [0.2, 0.25) is 0 Å². The summed E-state index contributed by atoms with van der Waals surface area (Å²) in [5.74, 6) is -1.19. The maximum atomic E-state index is 13.7. The Balaban J connectivity index is 1.83. The van der Waals surface area contributed by atoms with Crippen LogP contribution in [0.5, 0.6) is 0 Å². The van der Waals surface area contributed by atoms with Crippen molar-refractivity contribution in [2.75, 3.05) is 17.2 Å². The van der Waals surface area contributed by atoms with Crippen LogP contribution < -0.4 is 10.6 Å². The molecule has 0 bridgehead atoms. The number of halogens is 3. The Labute approximate surface area is 124 Å². The first-order valence-corrected chi connectivity index (χ1v) is 7.17. The van der Waals surface area contributed by atoms with Crippen molar-refractivity contribution in [3.63, 3.8) is 0 Å². The van der Waals surface area contributed by atoms with Crippen molar-refractivity contribution in [1.29, 1.82) is 0 Å². The monoisotopic (exact) mass is 338 g/mol. The summed E-state index contributed by atoms with van der Waals surface area (Å²) < 4.78 is 27.2. The normalized spacial score (nSPS) is 12.9. The molecular weight excluding hydrogens is 326 g/mol. The minimum Gasteiger partial charge on any atom is -0.384 e. The molecule has 2 N–H and O–H groups in total. The average Bonchev–Trinajstić information content (AvgIpc) is 2.86. The van der Waals surface area contributed by atoms with Crippen molar-refractivity contribution in [3.05, 3.63) is 57.6 Å². The van der Waals surface area contributed by atoms with Gasteiger partial charge in [-0.2, -0.15) is 0 Å². The first-order valence-electron chi connectivity index (χ1n) is 6.38. The number of rotatable bonds is 3. The van der Waals surface area contributed by atoms with Crippen LogP contribution in [0, 0.1) is 11.6 Å². The van der Waals surface area contributed by atoms with E-state index >= 15 is 0 Å². The number of fused-ring (bicyclic) bond motifs is 1. The number of hydrogen-bond donors (Lipinski definition) is 2. The molecular formula is C15H13BrF2N2. The van der Waals surface area contributed by atoms with E-state index in [-0.39, 0.29) is 5.69 Å². The number of para-hydroxylation sites is 1. The molecule has 2 nitrogen and oxygen atoms in total. The SMILES string of the molecule is Fc1cc(F)c(NCc2cccc3c2NCC3)c(Br)c1. The lowest BCUT2D eigenvalue weighted by molar-refractivity contribution is 0.583. The smallest absolute Gasteiger partial charge is 0.150 e. The molecule has 0 saturated carbocycles. The highest BCUT2D eigenvalue weighted by Gasteiger charge is 2.14. The third-order valence-electron chi connectivity index (χ3n) is 3.40. The summed E-state index contributed by atoms with van der Waals surface area (Å²) in [6, 6.07) is 8.21. The van der Waals surface area contributed by atoms with Gasteiger partial charge in [0.05, 0.1) is 5.69 Å². The van der Waals surface area contributed by atoms with E-state index in [2.05, 4.69) is 32.6 Å². The lowest BCUT2D eigenvalue weighted by atomic mass is 10.1. The standard InChI is InChI=1S/C15H13BrF2N2/c16-12-6-11(17)7-13(18)15(12)20-8-10-3-1-2-9-4-5-19-14(9)10/h1-3,6-7,19-20H,4-5,8H2. The first-order chi connectivity index (χ1) is 9.65. The van der Waals surface area contributed by atoms with Crippen molar-refractivity contribution in [2.45, 2.75) is 13.0 Å². The zero-order valence-electron chi connectivity index (χ0n) is 10.6. The summed E-state index contributed by atoms with van der Waals surface area (Å²) in [4.78, 5) is 0. The topological polar surface area (TPSA) is 24.1 Å². The van der Waals surface area contributed by atoms with Crippen LogP contribution >= 0.6 is 15.9 Å². The molecule has 0 fully saturated rings. The summed E-state index contributed by atoms with van der Waals surface area (Å²) in [6.07, 6.45) is 1.01. The highest BCUT2D eigenvalue weighted by atomic mass is 79.9. The summed E-state index contributed by atoms with van der Waals surface area (Å²) in [6.45, 7) is 1.41. The van der Waals surface area contributed by atoms with Gasteiger partial charge in [-0.1, -0.05) is 18.2 Å². The van der Waals surface area contributed by atoms with Gasteiger partial charge in [-0.15, -0.1) is 0 Å². The van der Waals surface area contributed by atoms with E-state index in [9.17, 15) is 8.78 Å². The van der Waals surface area contributed by atoms with E-state index in [1.165, 1.54) is 11.6 Å². The van der Waals surface area contributed by atoms with Crippen LogP contribution in [0.3, 0.4) is 0 Å². The third kappa shape index (κ3) is 2.50. The molecule has 0 atom stereocenters. The molecule has 0 aliphatic carbocycles. The average molecular weight is 339 g/mol. The second kappa shape index (κ2) is 5.40. The molecule has 3 rings (SSSR count). The fraction of sp³-hybridized carbons (Fsp3) is 0.200. The van der Waals surface area contributed by atoms with Crippen molar-refractivity contribution < 1.29 is 8.78 Å². The van der Waals surface area contributed by atoms with Crippen LogP contribution in [-0.2, 0) is 13.0 Å². The Morgan fingerprint density at radius 3 is 2.90 bits per heavy atom. The highest BCUT2D eigenvalue weighted by Crippen LogP contribution is 2.30. The van der Waals surface area contributed by atoms with Crippen LogP contribution in [0.1, 0.15) is 11.1 Å². The Hall–Kier alpha value is -1.62. The molecule has 2 aromatic rings. The summed E-state index contributed by atoms with van der Waals surface area (Å²) >= 11 is 3.18. The van der Waals surface area contributed by atoms with Gasteiger partial charge in [0.15, 0.2) is 0 Å². The van der Waals surface area contributed by atoms with Gasteiger partial charge in [-0.25, -0.2) is 8.78 Å². The maximum absolute atomic E-state index is 13.7. The zero-order chi connectivity index (χ0) is 14.1. The molecule has 0 radical (unpaired) electrons. The predicted molar refractivity (Wildman–Crippen MR) is 80.0 cm³/mol. The van der Waals surface area contributed by atoms with Gasteiger partial charge >= 0.3 is 0 Å². The van der Waals surface area contributed by atoms with Crippen molar-refractivity contribution in [1.82, 2.24) is 0 Å². The molecule has 0 aromatic heterocycles. The maximum Gasteiger partial charge on any atom is 0.150 e. The summed E-state index contributed by atoms with van der Waals surface area (Å²) in [5.41, 5.74) is 3.76. The van der Waals surface area contributed by atoms with Crippen LogP contribution in [0.25, 0.3) is 0 Å². The Morgan fingerprint density at radius 1 is 1.25 bits per heavy atom. The van der Waals surface area contributed by atoms with E-state index in [0.29, 0.717) is 11.0 Å². The van der Waals surface area contributed by atoms with E-state index in [1.807, 2.05) is 12.1 Å². The number of benzene rings is 2. The van der Waals surface area contributed by atoms with Gasteiger partial charge in [-0.05, 0) is 39.5 Å². The fourth-order valence-corrected chi connectivity index (χ4v) is 3.00. The van der Waals surface area contributed by atoms with Crippen LogP contribution in [0.4, 0.5) is 20.2 Å². The first kappa shape index (κ1) is 13.4. The lowest BCUT2D eigenvalue weighted by Crippen LogP contribution is -2.05. The van der Waals surface area contributed by atoms with E-state index < -0.39 is 11.6 Å². The van der Waals surface area contributed by atoms with Crippen LogP contribution in [-0.4, -0.2) is 6.54 Å². The Morgan fingerprint density at radius 2 is 2.10 bits per heavy atom. The number of nitrogens with one attached hydrogen (secondary N) is 2. The molecule has 1 aliphatic heterocycles. The number of hydrogen-bond acceptors (Lipinski definition) is 2. The molecule has 0 saturated heterocycles. The minimum absolute atomic E-state index is 0.280. The molecule has 0 spiro atoms. The predicted octanol–water partition coefficient (Wildman–Crippen LogP) is 4.31. The van der Waals surface area contributed by atoms with Gasteiger partial charge in [0, 0.05) is 29.3 Å². The molecule has 20 heavy (non-hydrogen) atoms.